The molecule has 3 heteroatoms. The average molecular weight is 239 g/mol. The zero-order valence-corrected chi connectivity index (χ0v) is 11.9. The molecule has 1 saturated heterocycles. The maximum atomic E-state index is 3.68. The second-order valence-electron chi connectivity index (χ2n) is 6.12. The van der Waals surface area contributed by atoms with Gasteiger partial charge in [-0.1, -0.05) is 20.3 Å². The summed E-state index contributed by atoms with van der Waals surface area (Å²) in [6.45, 7) is 8.30. The molecule has 1 aliphatic carbocycles. The summed E-state index contributed by atoms with van der Waals surface area (Å²) in [5.74, 6) is 0.813. The number of hydrogen-bond donors (Lipinski definition) is 1. The summed E-state index contributed by atoms with van der Waals surface area (Å²) in [5.41, 5.74) is 0. The minimum absolute atomic E-state index is 0.744. The number of nitrogens with zero attached hydrogens (tertiary/aromatic N) is 2. The highest BCUT2D eigenvalue weighted by atomic mass is 15.3. The summed E-state index contributed by atoms with van der Waals surface area (Å²) in [7, 11) is 4.45. The lowest BCUT2D eigenvalue weighted by Crippen LogP contribution is -2.46. The van der Waals surface area contributed by atoms with Gasteiger partial charge in [0.1, 0.15) is 0 Å². The quantitative estimate of drug-likeness (QED) is 0.800. The van der Waals surface area contributed by atoms with Crippen LogP contribution in [0.15, 0.2) is 0 Å². The van der Waals surface area contributed by atoms with Gasteiger partial charge in [0, 0.05) is 31.2 Å². The first-order chi connectivity index (χ1) is 8.13. The summed E-state index contributed by atoms with van der Waals surface area (Å²) in [6.07, 6.45) is 4.17. The van der Waals surface area contributed by atoms with Gasteiger partial charge in [-0.15, -0.1) is 0 Å². The average Bonchev–Trinajstić information content (AvgIpc) is 2.84. The van der Waals surface area contributed by atoms with Gasteiger partial charge >= 0.3 is 0 Å². The van der Waals surface area contributed by atoms with Crippen molar-refractivity contribution >= 4 is 0 Å². The van der Waals surface area contributed by atoms with Gasteiger partial charge in [-0.05, 0) is 39.4 Å². The molecule has 0 aromatic rings. The Morgan fingerprint density at radius 2 is 2.00 bits per heavy atom. The van der Waals surface area contributed by atoms with Crippen LogP contribution in [0.1, 0.15) is 33.1 Å². The Morgan fingerprint density at radius 3 is 2.59 bits per heavy atom. The van der Waals surface area contributed by atoms with Crippen molar-refractivity contribution in [1.82, 2.24) is 15.1 Å². The Labute approximate surface area is 107 Å². The van der Waals surface area contributed by atoms with Gasteiger partial charge in [0.2, 0.25) is 0 Å². The molecule has 4 unspecified atom stereocenters. The molecule has 0 aromatic carbocycles. The van der Waals surface area contributed by atoms with Crippen molar-refractivity contribution in [2.45, 2.75) is 51.2 Å². The SMILES string of the molecule is CCNC1CCCC1N1CC(C)C(N(C)C)C1. The van der Waals surface area contributed by atoms with E-state index in [0.29, 0.717) is 0 Å². The Morgan fingerprint density at radius 1 is 1.24 bits per heavy atom. The molecule has 2 rings (SSSR count). The van der Waals surface area contributed by atoms with Crippen molar-refractivity contribution < 1.29 is 0 Å². The minimum Gasteiger partial charge on any atom is -0.313 e. The van der Waals surface area contributed by atoms with Crippen LogP contribution in [0.2, 0.25) is 0 Å². The predicted octanol–water partition coefficient (Wildman–Crippen LogP) is 1.40. The lowest BCUT2D eigenvalue weighted by atomic mass is 10.1. The van der Waals surface area contributed by atoms with Gasteiger partial charge in [0.05, 0.1) is 0 Å². The van der Waals surface area contributed by atoms with Crippen LogP contribution in [-0.4, -0.2) is 61.7 Å². The van der Waals surface area contributed by atoms with Gasteiger partial charge in [-0.2, -0.15) is 0 Å². The molecular weight excluding hydrogens is 210 g/mol. The molecular formula is C14H29N3. The van der Waals surface area contributed by atoms with Crippen molar-refractivity contribution in [2.24, 2.45) is 5.92 Å². The standard InChI is InChI=1S/C14H29N3/c1-5-15-12-7-6-8-13(12)17-9-11(2)14(10-17)16(3)4/h11-15H,5-10H2,1-4H3. The Bertz CT molecular complexity index is 242. The Balaban J connectivity index is 1.94. The van der Waals surface area contributed by atoms with E-state index in [1.54, 1.807) is 0 Å². The Kier molecular flexibility index (Phi) is 4.45. The molecule has 0 radical (unpaired) electrons. The molecule has 17 heavy (non-hydrogen) atoms. The molecule has 0 spiro atoms. The number of likely N-dealkylation sites (tertiary alicyclic amines) is 1. The van der Waals surface area contributed by atoms with E-state index >= 15 is 0 Å². The van der Waals surface area contributed by atoms with Gasteiger partial charge in [-0.25, -0.2) is 0 Å². The number of hydrogen-bond acceptors (Lipinski definition) is 3. The number of rotatable bonds is 4. The van der Waals surface area contributed by atoms with Crippen molar-refractivity contribution in [3.05, 3.63) is 0 Å². The third-order valence-electron chi connectivity index (χ3n) is 4.68. The summed E-state index contributed by atoms with van der Waals surface area (Å²) in [4.78, 5) is 5.15. The molecule has 2 fully saturated rings. The first-order valence-electron chi connectivity index (χ1n) is 7.27. The van der Waals surface area contributed by atoms with E-state index in [-0.39, 0.29) is 0 Å². The zero-order valence-electron chi connectivity index (χ0n) is 11.9. The Hall–Kier alpha value is -0.120. The zero-order chi connectivity index (χ0) is 12.4. The van der Waals surface area contributed by atoms with Crippen LogP contribution < -0.4 is 5.32 Å². The van der Waals surface area contributed by atoms with E-state index in [4.69, 9.17) is 0 Å². The summed E-state index contributed by atoms with van der Waals surface area (Å²) in [6, 6.07) is 2.29. The van der Waals surface area contributed by atoms with Gasteiger partial charge in [0.25, 0.3) is 0 Å². The van der Waals surface area contributed by atoms with Gasteiger partial charge < -0.3 is 10.2 Å². The fourth-order valence-electron chi connectivity index (χ4n) is 3.81. The number of likely N-dealkylation sites (N-methyl/N-ethyl adjacent to an activating group) is 2. The first-order valence-corrected chi connectivity index (χ1v) is 7.27. The van der Waals surface area contributed by atoms with Crippen LogP contribution in [0.3, 0.4) is 0 Å². The molecule has 100 valence electrons. The molecule has 1 heterocycles. The topological polar surface area (TPSA) is 18.5 Å². The predicted molar refractivity (Wildman–Crippen MR) is 73.3 cm³/mol. The molecule has 0 amide bonds. The molecule has 1 N–H and O–H groups in total. The van der Waals surface area contributed by atoms with E-state index in [1.165, 1.54) is 32.4 Å². The fourth-order valence-corrected chi connectivity index (χ4v) is 3.81. The molecule has 0 bridgehead atoms. The van der Waals surface area contributed by atoms with Crippen LogP contribution in [0.25, 0.3) is 0 Å². The van der Waals surface area contributed by atoms with Crippen molar-refractivity contribution in [2.75, 3.05) is 33.7 Å². The molecule has 3 nitrogen and oxygen atoms in total. The monoisotopic (exact) mass is 239 g/mol. The van der Waals surface area contributed by atoms with Crippen molar-refractivity contribution in [1.29, 1.82) is 0 Å². The largest absolute Gasteiger partial charge is 0.313 e. The van der Waals surface area contributed by atoms with Gasteiger partial charge in [-0.3, -0.25) is 4.90 Å². The highest BCUT2D eigenvalue weighted by Crippen LogP contribution is 2.30. The van der Waals surface area contributed by atoms with E-state index in [0.717, 1.165) is 30.6 Å². The van der Waals surface area contributed by atoms with E-state index in [9.17, 15) is 0 Å². The minimum atomic E-state index is 0.744. The van der Waals surface area contributed by atoms with Crippen LogP contribution in [0, 0.1) is 5.92 Å². The third kappa shape index (κ3) is 2.83. The maximum absolute atomic E-state index is 3.68. The van der Waals surface area contributed by atoms with Crippen molar-refractivity contribution in [3.63, 3.8) is 0 Å². The molecule has 0 aromatic heterocycles. The van der Waals surface area contributed by atoms with Crippen LogP contribution in [0.5, 0.6) is 0 Å². The molecule has 1 saturated carbocycles. The normalized spacial score (nSPS) is 39.4. The van der Waals surface area contributed by atoms with E-state index in [1.807, 2.05) is 0 Å². The maximum Gasteiger partial charge on any atom is 0.0254 e. The van der Waals surface area contributed by atoms with Crippen LogP contribution >= 0.6 is 0 Å². The summed E-state index contributed by atoms with van der Waals surface area (Å²) in [5, 5.41) is 3.68. The summed E-state index contributed by atoms with van der Waals surface area (Å²) >= 11 is 0. The molecule has 1 aliphatic heterocycles. The van der Waals surface area contributed by atoms with E-state index in [2.05, 4.69) is 43.1 Å². The highest BCUT2D eigenvalue weighted by Gasteiger charge is 2.39. The molecule has 2 aliphatic rings. The lowest BCUT2D eigenvalue weighted by Gasteiger charge is -2.30. The number of nitrogens with one attached hydrogen (secondary N) is 1. The van der Waals surface area contributed by atoms with Crippen molar-refractivity contribution in [3.8, 4) is 0 Å². The first kappa shape index (κ1) is 13.3. The third-order valence-corrected chi connectivity index (χ3v) is 4.68. The fraction of sp³-hybridized carbons (Fsp3) is 1.00. The highest BCUT2D eigenvalue weighted by molar-refractivity contribution is 4.96. The van der Waals surface area contributed by atoms with E-state index < -0.39 is 0 Å². The van der Waals surface area contributed by atoms with Crippen LogP contribution in [-0.2, 0) is 0 Å². The smallest absolute Gasteiger partial charge is 0.0254 e. The lowest BCUT2D eigenvalue weighted by molar-refractivity contribution is 0.193. The second-order valence-corrected chi connectivity index (χ2v) is 6.12. The summed E-state index contributed by atoms with van der Waals surface area (Å²) < 4.78 is 0. The second kappa shape index (κ2) is 5.68. The van der Waals surface area contributed by atoms with Gasteiger partial charge in [0.15, 0.2) is 0 Å². The molecule has 4 atom stereocenters. The van der Waals surface area contributed by atoms with Crippen LogP contribution in [0.4, 0.5) is 0 Å².